The van der Waals surface area contributed by atoms with E-state index in [9.17, 15) is 0 Å². The van der Waals surface area contributed by atoms with Crippen LogP contribution in [0.5, 0.6) is 0 Å². The third-order valence-electron chi connectivity index (χ3n) is 2.30. The summed E-state index contributed by atoms with van der Waals surface area (Å²) in [6, 6.07) is 3.61. The fourth-order valence-corrected chi connectivity index (χ4v) is 1.58. The standard InChI is InChI=1S/C9H10Cl2N2/c10-6-3-4-7(13-9(6)11)8(12)5-1-2-5/h3-5,8H,1-2,12H2/t8-/m0/s1. The molecule has 2 N–H and O–H groups in total. The first-order chi connectivity index (χ1) is 6.18. The van der Waals surface area contributed by atoms with Crippen LogP contribution in [0.4, 0.5) is 0 Å². The zero-order valence-electron chi connectivity index (χ0n) is 7.00. The van der Waals surface area contributed by atoms with Crippen molar-refractivity contribution in [3.05, 3.63) is 28.0 Å². The number of halogens is 2. The minimum Gasteiger partial charge on any atom is -0.322 e. The Morgan fingerprint density at radius 3 is 2.62 bits per heavy atom. The van der Waals surface area contributed by atoms with Gasteiger partial charge in [0.25, 0.3) is 0 Å². The van der Waals surface area contributed by atoms with Crippen molar-refractivity contribution in [2.24, 2.45) is 11.7 Å². The first kappa shape index (κ1) is 9.25. The molecule has 1 fully saturated rings. The Balaban J connectivity index is 2.24. The van der Waals surface area contributed by atoms with Crippen LogP contribution in [0.2, 0.25) is 10.2 Å². The van der Waals surface area contributed by atoms with Crippen LogP contribution < -0.4 is 5.73 Å². The van der Waals surface area contributed by atoms with E-state index in [1.54, 1.807) is 6.07 Å². The van der Waals surface area contributed by atoms with E-state index in [1.165, 1.54) is 12.8 Å². The van der Waals surface area contributed by atoms with E-state index in [4.69, 9.17) is 28.9 Å². The van der Waals surface area contributed by atoms with Crippen LogP contribution >= 0.6 is 23.2 Å². The minimum atomic E-state index is 0.0229. The molecule has 1 aliphatic rings. The second-order valence-corrected chi connectivity index (χ2v) is 4.14. The van der Waals surface area contributed by atoms with Crippen LogP contribution in [-0.2, 0) is 0 Å². The highest BCUT2D eigenvalue weighted by Gasteiger charge is 2.30. The van der Waals surface area contributed by atoms with Gasteiger partial charge in [0, 0.05) is 6.04 Å². The molecule has 0 amide bonds. The molecule has 4 heteroatoms. The zero-order chi connectivity index (χ0) is 9.42. The van der Waals surface area contributed by atoms with Gasteiger partial charge >= 0.3 is 0 Å². The maximum atomic E-state index is 5.96. The van der Waals surface area contributed by atoms with Crippen molar-refractivity contribution in [1.29, 1.82) is 0 Å². The molecule has 0 saturated heterocycles. The Labute approximate surface area is 87.1 Å². The molecule has 13 heavy (non-hydrogen) atoms. The molecule has 0 spiro atoms. The van der Waals surface area contributed by atoms with Crippen LogP contribution in [0.1, 0.15) is 24.6 Å². The van der Waals surface area contributed by atoms with E-state index >= 15 is 0 Å². The molecule has 1 aromatic rings. The second kappa shape index (κ2) is 3.45. The first-order valence-electron chi connectivity index (χ1n) is 4.26. The zero-order valence-corrected chi connectivity index (χ0v) is 8.52. The molecule has 2 nitrogen and oxygen atoms in total. The molecule has 1 atom stereocenters. The monoisotopic (exact) mass is 216 g/mol. The molecule has 1 aliphatic carbocycles. The van der Waals surface area contributed by atoms with Gasteiger partial charge in [-0.3, -0.25) is 0 Å². The van der Waals surface area contributed by atoms with E-state index < -0.39 is 0 Å². The summed E-state index contributed by atoms with van der Waals surface area (Å²) in [6.45, 7) is 0. The van der Waals surface area contributed by atoms with E-state index in [0.717, 1.165) is 5.69 Å². The molecule has 1 saturated carbocycles. The topological polar surface area (TPSA) is 38.9 Å². The van der Waals surface area contributed by atoms with Crippen LogP contribution in [0.15, 0.2) is 12.1 Å². The summed E-state index contributed by atoms with van der Waals surface area (Å²) >= 11 is 11.5. The van der Waals surface area contributed by atoms with Gasteiger partial charge < -0.3 is 5.73 Å². The van der Waals surface area contributed by atoms with Crippen LogP contribution in [0.25, 0.3) is 0 Å². The fraction of sp³-hybridized carbons (Fsp3) is 0.444. The molecule has 0 aromatic carbocycles. The first-order valence-corrected chi connectivity index (χ1v) is 5.01. The normalized spacial score (nSPS) is 18.7. The Bertz CT molecular complexity index is 323. The highest BCUT2D eigenvalue weighted by atomic mass is 35.5. The van der Waals surface area contributed by atoms with Gasteiger partial charge in [0.2, 0.25) is 0 Å². The molecule has 1 heterocycles. The van der Waals surface area contributed by atoms with Gasteiger partial charge in [-0.25, -0.2) is 4.98 Å². The van der Waals surface area contributed by atoms with E-state index in [-0.39, 0.29) is 6.04 Å². The average Bonchev–Trinajstić information content (AvgIpc) is 2.91. The highest BCUT2D eigenvalue weighted by molar-refractivity contribution is 6.41. The summed E-state index contributed by atoms with van der Waals surface area (Å²) < 4.78 is 0. The van der Waals surface area contributed by atoms with Crippen LogP contribution in [0.3, 0.4) is 0 Å². The number of rotatable bonds is 2. The highest BCUT2D eigenvalue weighted by Crippen LogP contribution is 2.39. The van der Waals surface area contributed by atoms with Gasteiger partial charge in [0.1, 0.15) is 5.15 Å². The smallest absolute Gasteiger partial charge is 0.147 e. The number of nitrogens with zero attached hydrogens (tertiary/aromatic N) is 1. The number of hydrogen-bond acceptors (Lipinski definition) is 2. The van der Waals surface area contributed by atoms with Gasteiger partial charge in [0.05, 0.1) is 10.7 Å². The molecule has 1 aromatic heterocycles. The van der Waals surface area contributed by atoms with Crippen molar-refractivity contribution in [3.8, 4) is 0 Å². The number of aromatic nitrogens is 1. The van der Waals surface area contributed by atoms with Crippen molar-refractivity contribution in [2.45, 2.75) is 18.9 Å². The fourth-order valence-electron chi connectivity index (χ4n) is 1.31. The SMILES string of the molecule is N[C@H](c1ccc(Cl)c(Cl)n1)C1CC1. The molecule has 0 unspecified atom stereocenters. The lowest BCUT2D eigenvalue weighted by Crippen LogP contribution is -2.13. The largest absolute Gasteiger partial charge is 0.322 e. The van der Waals surface area contributed by atoms with Crippen LogP contribution in [0, 0.1) is 5.92 Å². The summed E-state index contributed by atoms with van der Waals surface area (Å²) in [7, 11) is 0. The molecule has 0 aliphatic heterocycles. The van der Waals surface area contributed by atoms with Gasteiger partial charge in [-0.15, -0.1) is 0 Å². The summed E-state index contributed by atoms with van der Waals surface area (Å²) in [4.78, 5) is 4.14. The van der Waals surface area contributed by atoms with Crippen LogP contribution in [-0.4, -0.2) is 4.98 Å². The summed E-state index contributed by atoms with van der Waals surface area (Å²) in [5.41, 5.74) is 6.80. The quantitative estimate of drug-likeness (QED) is 0.773. The van der Waals surface area contributed by atoms with Gasteiger partial charge in [-0.1, -0.05) is 23.2 Å². The average molecular weight is 217 g/mol. The maximum Gasteiger partial charge on any atom is 0.147 e. The summed E-state index contributed by atoms with van der Waals surface area (Å²) in [6.07, 6.45) is 2.40. The van der Waals surface area contributed by atoms with Gasteiger partial charge in [0.15, 0.2) is 0 Å². The molecular weight excluding hydrogens is 207 g/mol. The number of nitrogens with two attached hydrogens (primary N) is 1. The lowest BCUT2D eigenvalue weighted by Gasteiger charge is -2.09. The molecule has 2 rings (SSSR count). The van der Waals surface area contributed by atoms with Crippen molar-refractivity contribution in [1.82, 2.24) is 4.98 Å². The summed E-state index contributed by atoms with van der Waals surface area (Å²) in [5, 5.41) is 0.823. The summed E-state index contributed by atoms with van der Waals surface area (Å²) in [5.74, 6) is 0.588. The third kappa shape index (κ3) is 1.96. The van der Waals surface area contributed by atoms with E-state index in [2.05, 4.69) is 4.98 Å². The van der Waals surface area contributed by atoms with Crippen molar-refractivity contribution >= 4 is 23.2 Å². The van der Waals surface area contributed by atoms with E-state index in [1.807, 2.05) is 6.07 Å². The van der Waals surface area contributed by atoms with Gasteiger partial charge in [-0.05, 0) is 30.9 Å². The number of hydrogen-bond donors (Lipinski definition) is 1. The predicted molar refractivity (Wildman–Crippen MR) is 53.9 cm³/mol. The Kier molecular flexibility index (Phi) is 2.45. The predicted octanol–water partition coefficient (Wildman–Crippen LogP) is 2.80. The Morgan fingerprint density at radius 1 is 1.38 bits per heavy atom. The van der Waals surface area contributed by atoms with Crippen molar-refractivity contribution in [2.75, 3.05) is 0 Å². The molecule has 0 bridgehead atoms. The Morgan fingerprint density at radius 2 is 2.08 bits per heavy atom. The lowest BCUT2D eigenvalue weighted by molar-refractivity contribution is 0.615. The molecular formula is C9H10Cl2N2. The third-order valence-corrected chi connectivity index (χ3v) is 2.99. The lowest BCUT2D eigenvalue weighted by atomic mass is 10.1. The second-order valence-electron chi connectivity index (χ2n) is 3.37. The molecule has 0 radical (unpaired) electrons. The number of pyridine rings is 1. The van der Waals surface area contributed by atoms with E-state index in [0.29, 0.717) is 16.1 Å². The maximum absolute atomic E-state index is 5.96. The Hall–Kier alpha value is -0.310. The van der Waals surface area contributed by atoms with Gasteiger partial charge in [-0.2, -0.15) is 0 Å². The molecule has 70 valence electrons. The van der Waals surface area contributed by atoms with Crippen molar-refractivity contribution < 1.29 is 0 Å². The minimum absolute atomic E-state index is 0.0229. The van der Waals surface area contributed by atoms with Crippen molar-refractivity contribution in [3.63, 3.8) is 0 Å².